The van der Waals surface area contributed by atoms with Crippen molar-refractivity contribution >= 4 is 11.9 Å². The van der Waals surface area contributed by atoms with E-state index in [2.05, 4.69) is 27.8 Å². The third-order valence-corrected chi connectivity index (χ3v) is 3.29. The van der Waals surface area contributed by atoms with Crippen LogP contribution in [0, 0.1) is 0 Å². The Labute approximate surface area is 128 Å². The maximum atomic E-state index is 12.0. The smallest absolute Gasteiger partial charge is 0.321 e. The molecule has 3 amide bonds. The van der Waals surface area contributed by atoms with Crippen LogP contribution in [0.5, 0.6) is 0 Å². The number of imide groups is 1. The maximum Gasteiger partial charge on any atom is 0.321 e. The summed E-state index contributed by atoms with van der Waals surface area (Å²) in [5.41, 5.74) is -0.346. The minimum absolute atomic E-state index is 0.247. The van der Waals surface area contributed by atoms with Crippen LogP contribution in [0.1, 0.15) is 47.0 Å². The van der Waals surface area contributed by atoms with E-state index in [1.165, 1.54) is 6.42 Å². The van der Waals surface area contributed by atoms with Crippen LogP contribution in [0.15, 0.2) is 0 Å². The van der Waals surface area contributed by atoms with Gasteiger partial charge in [-0.1, -0.05) is 6.92 Å². The quantitative estimate of drug-likeness (QED) is 0.686. The van der Waals surface area contributed by atoms with Crippen molar-refractivity contribution in [2.24, 2.45) is 0 Å². The normalized spacial score (nSPS) is 18.8. The minimum atomic E-state index is -0.428. The summed E-state index contributed by atoms with van der Waals surface area (Å²) in [5, 5.41) is 8.56. The van der Waals surface area contributed by atoms with Gasteiger partial charge in [-0.15, -0.1) is 0 Å². The fourth-order valence-electron chi connectivity index (χ4n) is 2.52. The van der Waals surface area contributed by atoms with Gasteiger partial charge in [0.15, 0.2) is 0 Å². The molecule has 0 spiro atoms. The third-order valence-electron chi connectivity index (χ3n) is 3.29. The molecule has 0 aromatic carbocycles. The molecule has 0 aliphatic carbocycles. The zero-order valence-corrected chi connectivity index (χ0v) is 13.8. The molecule has 0 aromatic heterocycles. The number of carbonyl (C=O) groups excluding carboxylic acids is 2. The van der Waals surface area contributed by atoms with E-state index in [-0.39, 0.29) is 18.0 Å². The molecule has 122 valence electrons. The van der Waals surface area contributed by atoms with Crippen LogP contribution < -0.4 is 16.0 Å². The minimum Gasteiger partial charge on any atom is -0.333 e. The highest BCUT2D eigenvalue weighted by Gasteiger charge is 2.21. The van der Waals surface area contributed by atoms with Crippen molar-refractivity contribution in [2.75, 3.05) is 26.2 Å². The summed E-state index contributed by atoms with van der Waals surface area (Å²) in [4.78, 5) is 25.8. The molecule has 1 heterocycles. The number of carbonyl (C=O) groups is 2. The second-order valence-electron chi connectivity index (χ2n) is 6.78. The summed E-state index contributed by atoms with van der Waals surface area (Å²) < 4.78 is 0. The molecule has 1 rings (SSSR count). The van der Waals surface area contributed by atoms with Crippen LogP contribution in [-0.2, 0) is 4.79 Å². The van der Waals surface area contributed by atoms with Crippen molar-refractivity contribution in [1.29, 1.82) is 0 Å². The van der Waals surface area contributed by atoms with Crippen LogP contribution >= 0.6 is 0 Å². The topological polar surface area (TPSA) is 73.5 Å². The van der Waals surface area contributed by atoms with Crippen LogP contribution in [0.25, 0.3) is 0 Å². The van der Waals surface area contributed by atoms with Crippen molar-refractivity contribution in [3.8, 4) is 0 Å². The van der Waals surface area contributed by atoms with Gasteiger partial charge in [0, 0.05) is 18.1 Å². The fourth-order valence-corrected chi connectivity index (χ4v) is 2.52. The first-order valence-electron chi connectivity index (χ1n) is 7.88. The van der Waals surface area contributed by atoms with Gasteiger partial charge < -0.3 is 10.6 Å². The molecule has 1 saturated heterocycles. The van der Waals surface area contributed by atoms with Gasteiger partial charge >= 0.3 is 6.03 Å². The lowest BCUT2D eigenvalue weighted by Crippen LogP contribution is -2.51. The molecule has 0 radical (unpaired) electrons. The lowest BCUT2D eigenvalue weighted by Gasteiger charge is -2.25. The standard InChI is InChI=1S/C15H30N4O2/c1-5-9-19(10-12-7-6-8-16-12)11-13(20)17-14(21)18-15(2,3)4/h12,16H,5-11H2,1-4H3,(H2,17,18,20,21). The summed E-state index contributed by atoms with van der Waals surface area (Å²) in [5.74, 6) is -0.247. The molecule has 6 nitrogen and oxygen atoms in total. The Morgan fingerprint density at radius 2 is 2.05 bits per heavy atom. The Morgan fingerprint density at radius 1 is 1.33 bits per heavy atom. The Bertz CT molecular complexity index is 346. The second kappa shape index (κ2) is 8.34. The van der Waals surface area contributed by atoms with Crippen LogP contribution in [-0.4, -0.2) is 54.6 Å². The summed E-state index contributed by atoms with van der Waals surface area (Å²) in [6.45, 7) is 10.8. The molecule has 3 N–H and O–H groups in total. The number of nitrogens with one attached hydrogen (secondary N) is 3. The molecule has 1 aliphatic rings. The summed E-state index contributed by atoms with van der Waals surface area (Å²) in [7, 11) is 0. The first kappa shape index (κ1) is 17.9. The zero-order valence-electron chi connectivity index (χ0n) is 13.8. The predicted molar refractivity (Wildman–Crippen MR) is 84.2 cm³/mol. The Morgan fingerprint density at radius 3 is 2.57 bits per heavy atom. The van der Waals surface area contributed by atoms with E-state index in [4.69, 9.17) is 0 Å². The van der Waals surface area contributed by atoms with Gasteiger partial charge in [-0.05, 0) is 53.1 Å². The van der Waals surface area contributed by atoms with Gasteiger partial charge in [0.1, 0.15) is 0 Å². The van der Waals surface area contributed by atoms with E-state index in [1.807, 2.05) is 20.8 Å². The Balaban J connectivity index is 2.38. The van der Waals surface area contributed by atoms with Crippen molar-refractivity contribution in [3.05, 3.63) is 0 Å². The molecular weight excluding hydrogens is 268 g/mol. The highest BCUT2D eigenvalue weighted by Crippen LogP contribution is 2.07. The van der Waals surface area contributed by atoms with Gasteiger partial charge in [0.25, 0.3) is 0 Å². The van der Waals surface area contributed by atoms with E-state index in [1.54, 1.807) is 0 Å². The maximum absolute atomic E-state index is 12.0. The summed E-state index contributed by atoms with van der Waals surface area (Å²) in [6.07, 6.45) is 3.35. The SMILES string of the molecule is CCCN(CC(=O)NC(=O)NC(C)(C)C)CC1CCCN1. The Kier molecular flexibility index (Phi) is 7.11. The number of rotatable bonds is 6. The zero-order chi connectivity index (χ0) is 15.9. The van der Waals surface area contributed by atoms with Crippen molar-refractivity contribution in [2.45, 2.75) is 58.5 Å². The van der Waals surface area contributed by atoms with E-state index >= 15 is 0 Å². The molecule has 0 saturated carbocycles. The average Bonchev–Trinajstić information content (AvgIpc) is 2.78. The van der Waals surface area contributed by atoms with Crippen molar-refractivity contribution in [3.63, 3.8) is 0 Å². The summed E-state index contributed by atoms with van der Waals surface area (Å²) in [6, 6.07) is 0.0377. The molecule has 21 heavy (non-hydrogen) atoms. The van der Waals surface area contributed by atoms with Crippen molar-refractivity contribution < 1.29 is 9.59 Å². The van der Waals surface area contributed by atoms with Gasteiger partial charge in [-0.25, -0.2) is 4.79 Å². The molecule has 0 bridgehead atoms. The third kappa shape index (κ3) is 8.02. The van der Waals surface area contributed by atoms with Crippen LogP contribution in [0.4, 0.5) is 4.79 Å². The number of hydrogen-bond donors (Lipinski definition) is 3. The fraction of sp³-hybridized carbons (Fsp3) is 0.867. The lowest BCUT2D eigenvalue weighted by molar-refractivity contribution is -0.121. The molecule has 0 aromatic rings. The lowest BCUT2D eigenvalue weighted by atomic mass is 10.1. The molecule has 6 heteroatoms. The van der Waals surface area contributed by atoms with Crippen molar-refractivity contribution in [1.82, 2.24) is 20.9 Å². The van der Waals surface area contributed by atoms with E-state index in [0.717, 1.165) is 32.5 Å². The van der Waals surface area contributed by atoms with Gasteiger partial charge in [0.2, 0.25) is 5.91 Å². The number of hydrogen-bond acceptors (Lipinski definition) is 4. The summed E-state index contributed by atoms with van der Waals surface area (Å²) >= 11 is 0. The first-order chi connectivity index (χ1) is 9.80. The predicted octanol–water partition coefficient (Wildman–Crippen LogP) is 1.07. The monoisotopic (exact) mass is 298 g/mol. The van der Waals surface area contributed by atoms with Gasteiger partial charge in [0.05, 0.1) is 6.54 Å². The molecular formula is C15H30N4O2. The molecule has 1 fully saturated rings. The highest BCUT2D eigenvalue weighted by atomic mass is 16.2. The molecule has 1 unspecified atom stereocenters. The second-order valence-corrected chi connectivity index (χ2v) is 6.78. The molecule has 1 aliphatic heterocycles. The number of urea groups is 1. The largest absolute Gasteiger partial charge is 0.333 e. The first-order valence-corrected chi connectivity index (χ1v) is 7.88. The number of nitrogens with zero attached hydrogens (tertiary/aromatic N) is 1. The Hall–Kier alpha value is -1.14. The molecule has 1 atom stereocenters. The number of amides is 3. The van der Waals surface area contributed by atoms with Crippen LogP contribution in [0.3, 0.4) is 0 Å². The van der Waals surface area contributed by atoms with Gasteiger partial charge in [-0.3, -0.25) is 15.0 Å². The van der Waals surface area contributed by atoms with E-state index < -0.39 is 6.03 Å². The van der Waals surface area contributed by atoms with Gasteiger partial charge in [-0.2, -0.15) is 0 Å². The highest BCUT2D eigenvalue weighted by molar-refractivity contribution is 5.95. The van der Waals surface area contributed by atoms with E-state index in [0.29, 0.717) is 6.04 Å². The van der Waals surface area contributed by atoms with Crippen LogP contribution in [0.2, 0.25) is 0 Å². The average molecular weight is 298 g/mol. The van der Waals surface area contributed by atoms with E-state index in [9.17, 15) is 9.59 Å².